The van der Waals surface area contributed by atoms with Crippen LogP contribution in [0.5, 0.6) is 0 Å². The Morgan fingerprint density at radius 2 is 2.18 bits per heavy atom. The van der Waals surface area contributed by atoms with Gasteiger partial charge in [-0.25, -0.2) is 0 Å². The van der Waals surface area contributed by atoms with Crippen LogP contribution in [0, 0.1) is 0 Å². The van der Waals surface area contributed by atoms with Gasteiger partial charge in [0, 0.05) is 6.61 Å². The summed E-state index contributed by atoms with van der Waals surface area (Å²) in [5.74, 6) is -0.192. The van der Waals surface area contributed by atoms with Crippen LogP contribution in [0.1, 0.15) is 46.0 Å². The molecule has 0 spiro atoms. The molecule has 0 aromatic heterocycles. The summed E-state index contributed by atoms with van der Waals surface area (Å²) in [6, 6.07) is 0. The van der Waals surface area contributed by atoms with Gasteiger partial charge >= 0.3 is 5.97 Å². The third-order valence-corrected chi connectivity index (χ3v) is 3.43. The van der Waals surface area contributed by atoms with Crippen LogP contribution >= 0.6 is 0 Å². The topological polar surface area (TPSA) is 47.6 Å². The first-order chi connectivity index (χ1) is 8.12. The monoisotopic (exact) mass is 243 g/mol. The van der Waals surface area contributed by atoms with Gasteiger partial charge in [-0.1, -0.05) is 6.92 Å². The first kappa shape index (κ1) is 14.5. The highest BCUT2D eigenvalue weighted by Gasteiger charge is 2.32. The predicted molar refractivity (Wildman–Crippen MR) is 66.9 cm³/mol. The Balaban J connectivity index is 2.24. The molecular formula is C13H25NO3. The summed E-state index contributed by atoms with van der Waals surface area (Å²) in [7, 11) is 1.43. The Morgan fingerprint density at radius 1 is 1.47 bits per heavy atom. The van der Waals surface area contributed by atoms with Gasteiger partial charge in [-0.2, -0.15) is 0 Å². The molecule has 0 saturated heterocycles. The average Bonchev–Trinajstić information content (AvgIpc) is 2.25. The van der Waals surface area contributed by atoms with E-state index in [1.165, 1.54) is 26.4 Å². The fourth-order valence-corrected chi connectivity index (χ4v) is 2.09. The highest BCUT2D eigenvalue weighted by atomic mass is 16.5. The fourth-order valence-electron chi connectivity index (χ4n) is 2.09. The molecule has 0 aromatic carbocycles. The van der Waals surface area contributed by atoms with Crippen molar-refractivity contribution in [3.8, 4) is 0 Å². The Morgan fingerprint density at radius 3 is 2.65 bits per heavy atom. The molecule has 1 N–H and O–H groups in total. The third-order valence-electron chi connectivity index (χ3n) is 3.43. The molecule has 4 heteroatoms. The van der Waals surface area contributed by atoms with Crippen molar-refractivity contribution in [1.82, 2.24) is 5.32 Å². The summed E-state index contributed by atoms with van der Waals surface area (Å²) in [6.45, 7) is 5.38. The number of esters is 1. The van der Waals surface area contributed by atoms with Crippen LogP contribution in [0.2, 0.25) is 0 Å². The summed E-state index contributed by atoms with van der Waals surface area (Å²) in [4.78, 5) is 11.7. The van der Waals surface area contributed by atoms with E-state index in [-0.39, 0.29) is 5.97 Å². The standard InChI is InChI=1S/C13H25NO3/c1-4-14-13(2,12(15)16-3)9-6-10-17-11-7-5-8-11/h11,14H,4-10H2,1-3H3. The molecule has 1 saturated carbocycles. The molecule has 1 aliphatic carbocycles. The van der Waals surface area contributed by atoms with Crippen LogP contribution in [0.4, 0.5) is 0 Å². The highest BCUT2D eigenvalue weighted by Crippen LogP contribution is 2.22. The second kappa shape index (κ2) is 6.97. The summed E-state index contributed by atoms with van der Waals surface area (Å²) in [5.41, 5.74) is -0.577. The Labute approximate surface area is 104 Å². The Kier molecular flexibility index (Phi) is 5.92. The zero-order chi connectivity index (χ0) is 12.7. The van der Waals surface area contributed by atoms with E-state index in [0.717, 1.165) is 26.0 Å². The molecule has 4 nitrogen and oxygen atoms in total. The number of hydrogen-bond acceptors (Lipinski definition) is 4. The lowest BCUT2D eigenvalue weighted by Crippen LogP contribution is -2.50. The fraction of sp³-hybridized carbons (Fsp3) is 0.923. The number of nitrogens with one attached hydrogen (secondary N) is 1. The van der Waals surface area contributed by atoms with Gasteiger partial charge in [0.05, 0.1) is 13.2 Å². The van der Waals surface area contributed by atoms with E-state index in [1.54, 1.807) is 0 Å². The molecule has 1 rings (SSSR count). The number of methoxy groups -OCH3 is 1. The van der Waals surface area contributed by atoms with Gasteiger partial charge in [-0.3, -0.25) is 4.79 Å². The molecule has 0 bridgehead atoms. The second-order valence-corrected chi connectivity index (χ2v) is 4.88. The number of carbonyl (C=O) groups is 1. The van der Waals surface area contributed by atoms with E-state index < -0.39 is 5.54 Å². The molecule has 0 aromatic rings. The first-order valence-electron chi connectivity index (χ1n) is 6.57. The van der Waals surface area contributed by atoms with Crippen LogP contribution < -0.4 is 5.32 Å². The van der Waals surface area contributed by atoms with Crippen molar-refractivity contribution < 1.29 is 14.3 Å². The molecule has 1 aliphatic rings. The second-order valence-electron chi connectivity index (χ2n) is 4.88. The maximum absolute atomic E-state index is 11.7. The van der Waals surface area contributed by atoms with Crippen molar-refractivity contribution in [3.05, 3.63) is 0 Å². The maximum atomic E-state index is 11.7. The quantitative estimate of drug-likeness (QED) is 0.522. The molecule has 0 radical (unpaired) electrons. The van der Waals surface area contributed by atoms with Crippen molar-refractivity contribution >= 4 is 5.97 Å². The van der Waals surface area contributed by atoms with Crippen molar-refractivity contribution in [2.75, 3.05) is 20.3 Å². The lowest BCUT2D eigenvalue weighted by molar-refractivity contribution is -0.148. The molecule has 100 valence electrons. The van der Waals surface area contributed by atoms with Gasteiger partial charge in [-0.15, -0.1) is 0 Å². The lowest BCUT2D eigenvalue weighted by atomic mass is 9.95. The third kappa shape index (κ3) is 4.28. The Hall–Kier alpha value is -0.610. The minimum atomic E-state index is -0.577. The van der Waals surface area contributed by atoms with Gasteiger partial charge in [0.25, 0.3) is 0 Å². The zero-order valence-electron chi connectivity index (χ0n) is 11.3. The number of carbonyl (C=O) groups excluding carboxylic acids is 1. The highest BCUT2D eigenvalue weighted by molar-refractivity contribution is 5.80. The van der Waals surface area contributed by atoms with Crippen LogP contribution in [0.3, 0.4) is 0 Å². The zero-order valence-corrected chi connectivity index (χ0v) is 11.3. The van der Waals surface area contributed by atoms with E-state index >= 15 is 0 Å². The van der Waals surface area contributed by atoms with Gasteiger partial charge < -0.3 is 14.8 Å². The smallest absolute Gasteiger partial charge is 0.325 e. The lowest BCUT2D eigenvalue weighted by Gasteiger charge is -2.29. The van der Waals surface area contributed by atoms with Crippen molar-refractivity contribution in [1.29, 1.82) is 0 Å². The molecule has 0 aliphatic heterocycles. The van der Waals surface area contributed by atoms with E-state index in [1.807, 2.05) is 13.8 Å². The van der Waals surface area contributed by atoms with Crippen LogP contribution in [0.15, 0.2) is 0 Å². The molecule has 17 heavy (non-hydrogen) atoms. The van der Waals surface area contributed by atoms with Crippen molar-refractivity contribution in [3.63, 3.8) is 0 Å². The Bertz CT molecular complexity index is 241. The van der Waals surface area contributed by atoms with Crippen LogP contribution in [-0.2, 0) is 14.3 Å². The summed E-state index contributed by atoms with van der Waals surface area (Å²) < 4.78 is 10.5. The summed E-state index contributed by atoms with van der Waals surface area (Å²) in [5, 5.41) is 3.20. The molecule has 1 atom stereocenters. The molecule has 0 heterocycles. The van der Waals surface area contributed by atoms with Gasteiger partial charge in [0.1, 0.15) is 5.54 Å². The summed E-state index contributed by atoms with van der Waals surface area (Å²) >= 11 is 0. The van der Waals surface area contributed by atoms with Crippen LogP contribution in [-0.4, -0.2) is 37.9 Å². The van der Waals surface area contributed by atoms with Crippen LogP contribution in [0.25, 0.3) is 0 Å². The normalized spacial score (nSPS) is 19.5. The molecule has 0 amide bonds. The first-order valence-corrected chi connectivity index (χ1v) is 6.57. The van der Waals surface area contributed by atoms with Gasteiger partial charge in [-0.05, 0) is 45.6 Å². The number of likely N-dealkylation sites (N-methyl/N-ethyl adjacent to an activating group) is 1. The minimum absolute atomic E-state index is 0.192. The SMILES string of the molecule is CCNC(C)(CCCOC1CCC1)C(=O)OC. The number of rotatable bonds is 8. The molecular weight excluding hydrogens is 218 g/mol. The van der Waals surface area contributed by atoms with E-state index in [4.69, 9.17) is 9.47 Å². The number of ether oxygens (including phenoxy) is 2. The maximum Gasteiger partial charge on any atom is 0.325 e. The predicted octanol–water partition coefficient (Wildman–Crippen LogP) is 1.88. The van der Waals surface area contributed by atoms with E-state index in [9.17, 15) is 4.79 Å². The van der Waals surface area contributed by atoms with Gasteiger partial charge in [0.2, 0.25) is 0 Å². The van der Waals surface area contributed by atoms with Crippen molar-refractivity contribution in [2.45, 2.75) is 57.6 Å². The largest absolute Gasteiger partial charge is 0.468 e. The minimum Gasteiger partial charge on any atom is -0.468 e. The van der Waals surface area contributed by atoms with E-state index in [0.29, 0.717) is 6.10 Å². The summed E-state index contributed by atoms with van der Waals surface area (Å²) in [6.07, 6.45) is 5.79. The van der Waals surface area contributed by atoms with Crippen molar-refractivity contribution in [2.24, 2.45) is 0 Å². The average molecular weight is 243 g/mol. The van der Waals surface area contributed by atoms with E-state index in [2.05, 4.69) is 5.32 Å². The molecule has 1 unspecified atom stereocenters. The molecule has 1 fully saturated rings. The van der Waals surface area contributed by atoms with Gasteiger partial charge in [0.15, 0.2) is 0 Å². The number of hydrogen-bond donors (Lipinski definition) is 1.